The number of hydrogen-bond acceptors (Lipinski definition) is 1. The van der Waals surface area contributed by atoms with E-state index >= 15 is 0 Å². The van der Waals surface area contributed by atoms with Crippen LogP contribution in [0, 0.1) is 13.8 Å². The molecule has 1 aliphatic carbocycles. The Kier molecular flexibility index (Phi) is 8.00. The first-order valence-electron chi connectivity index (χ1n) is 20.7. The molecule has 0 bridgehead atoms. The van der Waals surface area contributed by atoms with E-state index in [0.717, 1.165) is 17.1 Å². The SMILES string of the molecule is Cc1ccc(N(c2cccc(C)c2)c2ccc3c(c2)C(C)(C)c2cc(-n4c5ccc(-c6ccccc6)cc5c5cc(-c6ccccc6)ccc54)c4ccccc4c2-3)cc1. The number of anilines is 3. The number of aryl methyl sites for hydroxylation is 2. The van der Waals surface area contributed by atoms with Crippen molar-refractivity contribution in [1.82, 2.24) is 4.57 Å². The minimum Gasteiger partial charge on any atom is -0.310 e. The minimum absolute atomic E-state index is 0.259. The van der Waals surface area contributed by atoms with Crippen LogP contribution in [0.5, 0.6) is 0 Å². The van der Waals surface area contributed by atoms with E-state index in [2.05, 4.69) is 231 Å². The molecule has 1 aliphatic rings. The van der Waals surface area contributed by atoms with Gasteiger partial charge in [0, 0.05) is 38.6 Å². The van der Waals surface area contributed by atoms with Gasteiger partial charge in [-0.3, -0.25) is 0 Å². The van der Waals surface area contributed by atoms with Gasteiger partial charge in [0.1, 0.15) is 0 Å². The van der Waals surface area contributed by atoms with Crippen molar-refractivity contribution in [3.8, 4) is 39.1 Å². The molecule has 0 N–H and O–H groups in total. The number of nitrogens with zero attached hydrogens (tertiary/aromatic N) is 2. The van der Waals surface area contributed by atoms with E-state index in [4.69, 9.17) is 0 Å². The summed E-state index contributed by atoms with van der Waals surface area (Å²) < 4.78 is 2.53. The van der Waals surface area contributed by atoms with Crippen LogP contribution in [0.15, 0.2) is 194 Å². The van der Waals surface area contributed by atoms with Gasteiger partial charge in [0.25, 0.3) is 0 Å². The third-order valence-corrected chi connectivity index (χ3v) is 12.7. The first-order valence-corrected chi connectivity index (χ1v) is 20.7. The number of benzene rings is 9. The molecule has 10 aromatic rings. The molecule has 0 radical (unpaired) electrons. The molecule has 1 heterocycles. The molecule has 1 aromatic heterocycles. The summed E-state index contributed by atoms with van der Waals surface area (Å²) >= 11 is 0. The first-order chi connectivity index (χ1) is 28.8. The lowest BCUT2D eigenvalue weighted by Crippen LogP contribution is -2.17. The Bertz CT molecular complexity index is 3150. The van der Waals surface area contributed by atoms with Crippen molar-refractivity contribution in [2.45, 2.75) is 33.1 Å². The van der Waals surface area contributed by atoms with E-state index in [9.17, 15) is 0 Å². The highest BCUT2D eigenvalue weighted by atomic mass is 15.1. The van der Waals surface area contributed by atoms with Crippen molar-refractivity contribution in [2.75, 3.05) is 4.90 Å². The Morgan fingerprint density at radius 2 is 0.966 bits per heavy atom. The average Bonchev–Trinajstić information content (AvgIpc) is 3.71. The number of hydrogen-bond donors (Lipinski definition) is 0. The molecule has 0 amide bonds. The van der Waals surface area contributed by atoms with Crippen LogP contribution in [0.1, 0.15) is 36.1 Å². The van der Waals surface area contributed by atoms with Crippen LogP contribution in [0.4, 0.5) is 17.1 Å². The molecule has 0 saturated heterocycles. The lowest BCUT2D eigenvalue weighted by Gasteiger charge is -2.28. The fourth-order valence-corrected chi connectivity index (χ4v) is 9.69. The second-order valence-corrected chi connectivity index (χ2v) is 16.8. The summed E-state index contributed by atoms with van der Waals surface area (Å²) in [5, 5.41) is 5.04. The van der Waals surface area contributed by atoms with Gasteiger partial charge in [0.05, 0.1) is 16.7 Å². The van der Waals surface area contributed by atoms with Gasteiger partial charge in [0.2, 0.25) is 0 Å². The van der Waals surface area contributed by atoms with Gasteiger partial charge in [-0.15, -0.1) is 0 Å². The summed E-state index contributed by atoms with van der Waals surface area (Å²) in [6, 6.07) is 71.9. The molecular formula is C57H44N2. The van der Waals surface area contributed by atoms with Crippen LogP contribution < -0.4 is 4.90 Å². The molecule has 9 aromatic carbocycles. The van der Waals surface area contributed by atoms with Crippen molar-refractivity contribution in [1.29, 1.82) is 0 Å². The summed E-state index contributed by atoms with van der Waals surface area (Å²) in [4.78, 5) is 2.40. The van der Waals surface area contributed by atoms with Gasteiger partial charge in [-0.05, 0) is 136 Å². The van der Waals surface area contributed by atoms with Crippen molar-refractivity contribution < 1.29 is 0 Å². The number of rotatable bonds is 6. The van der Waals surface area contributed by atoms with Crippen LogP contribution in [0.2, 0.25) is 0 Å². The lowest BCUT2D eigenvalue weighted by atomic mass is 9.81. The van der Waals surface area contributed by atoms with Crippen molar-refractivity contribution in [2.24, 2.45) is 0 Å². The summed E-state index contributed by atoms with van der Waals surface area (Å²) in [5.74, 6) is 0. The molecule has 0 spiro atoms. The quantitative estimate of drug-likeness (QED) is 0.164. The zero-order chi connectivity index (χ0) is 39.8. The highest BCUT2D eigenvalue weighted by Crippen LogP contribution is 2.54. The van der Waals surface area contributed by atoms with E-state index in [1.54, 1.807) is 0 Å². The maximum Gasteiger partial charge on any atom is 0.0544 e. The van der Waals surface area contributed by atoms with Crippen LogP contribution in [-0.4, -0.2) is 4.57 Å². The maximum absolute atomic E-state index is 2.53. The molecule has 0 fully saturated rings. The summed E-state index contributed by atoms with van der Waals surface area (Å²) in [7, 11) is 0. The maximum atomic E-state index is 2.53. The predicted molar refractivity (Wildman–Crippen MR) is 251 cm³/mol. The molecule has 0 aliphatic heterocycles. The Labute approximate surface area is 346 Å². The molecule has 0 atom stereocenters. The third-order valence-electron chi connectivity index (χ3n) is 12.7. The minimum atomic E-state index is -0.259. The fraction of sp³-hybridized carbons (Fsp3) is 0.0877. The molecule has 0 unspecified atom stereocenters. The van der Waals surface area contributed by atoms with E-state index in [-0.39, 0.29) is 5.41 Å². The summed E-state index contributed by atoms with van der Waals surface area (Å²) in [6.07, 6.45) is 0. The second-order valence-electron chi connectivity index (χ2n) is 16.8. The summed E-state index contributed by atoms with van der Waals surface area (Å²) in [5.41, 5.74) is 19.6. The topological polar surface area (TPSA) is 8.17 Å². The summed E-state index contributed by atoms with van der Waals surface area (Å²) in [6.45, 7) is 9.14. The molecule has 11 rings (SSSR count). The Balaban J connectivity index is 1.13. The van der Waals surface area contributed by atoms with Gasteiger partial charge >= 0.3 is 0 Å². The highest BCUT2D eigenvalue weighted by Gasteiger charge is 2.38. The van der Waals surface area contributed by atoms with Gasteiger partial charge in [-0.25, -0.2) is 0 Å². The largest absolute Gasteiger partial charge is 0.310 e. The Hall–Kier alpha value is -7.16. The first kappa shape index (κ1) is 35.0. The highest BCUT2D eigenvalue weighted by molar-refractivity contribution is 6.14. The average molecular weight is 757 g/mol. The van der Waals surface area contributed by atoms with E-state index < -0.39 is 0 Å². The Morgan fingerprint density at radius 1 is 0.390 bits per heavy atom. The number of fused-ring (bicyclic) bond motifs is 8. The van der Waals surface area contributed by atoms with E-state index in [0.29, 0.717) is 0 Å². The molecule has 0 saturated carbocycles. The van der Waals surface area contributed by atoms with Crippen LogP contribution in [0.25, 0.3) is 71.6 Å². The predicted octanol–water partition coefficient (Wildman–Crippen LogP) is 15.7. The smallest absolute Gasteiger partial charge is 0.0544 e. The Morgan fingerprint density at radius 3 is 1.59 bits per heavy atom. The van der Waals surface area contributed by atoms with Gasteiger partial charge in [-0.1, -0.05) is 147 Å². The van der Waals surface area contributed by atoms with Crippen molar-refractivity contribution in [3.05, 3.63) is 216 Å². The molecule has 2 heteroatoms. The van der Waals surface area contributed by atoms with Gasteiger partial charge < -0.3 is 9.47 Å². The third kappa shape index (κ3) is 5.62. The van der Waals surface area contributed by atoms with Crippen molar-refractivity contribution >= 4 is 49.6 Å². The molecular weight excluding hydrogens is 713 g/mol. The van der Waals surface area contributed by atoms with E-state index in [1.807, 2.05) is 0 Å². The van der Waals surface area contributed by atoms with Crippen LogP contribution in [-0.2, 0) is 5.41 Å². The monoisotopic (exact) mass is 756 g/mol. The molecule has 59 heavy (non-hydrogen) atoms. The second kappa shape index (κ2) is 13.5. The zero-order valence-corrected chi connectivity index (χ0v) is 33.9. The van der Waals surface area contributed by atoms with Gasteiger partial charge in [0.15, 0.2) is 0 Å². The van der Waals surface area contributed by atoms with Crippen LogP contribution >= 0.6 is 0 Å². The zero-order valence-electron chi connectivity index (χ0n) is 33.9. The standard InChI is InChI=1S/C57H44N2/c1-37-22-26-43(27-23-37)58(44-19-13-14-38(2)32-44)45-28-29-48-51(35-45)57(3,4)52-36-55(46-20-11-12-21-47(46)56(48)52)59-53-30-24-41(39-15-7-5-8-16-39)33-49(53)50-34-42(25-31-54(50)59)40-17-9-6-10-18-40/h5-36H,1-4H3. The van der Waals surface area contributed by atoms with Crippen LogP contribution in [0.3, 0.4) is 0 Å². The van der Waals surface area contributed by atoms with Gasteiger partial charge in [-0.2, -0.15) is 0 Å². The lowest BCUT2D eigenvalue weighted by molar-refractivity contribution is 0.660. The normalized spacial score (nSPS) is 12.9. The van der Waals surface area contributed by atoms with Crippen molar-refractivity contribution in [3.63, 3.8) is 0 Å². The molecule has 282 valence electrons. The van der Waals surface area contributed by atoms with E-state index in [1.165, 1.54) is 93.9 Å². The molecule has 2 nitrogen and oxygen atoms in total. The fourth-order valence-electron chi connectivity index (χ4n) is 9.69. The number of aromatic nitrogens is 1.